The fraction of sp³-hybridized carbons (Fsp3) is 0.133. The van der Waals surface area contributed by atoms with Gasteiger partial charge in [-0.15, -0.1) is 0 Å². The van der Waals surface area contributed by atoms with E-state index in [1.54, 1.807) is 13.1 Å². The number of hydrogen-bond donors (Lipinski definition) is 1. The lowest BCUT2D eigenvalue weighted by molar-refractivity contribution is -0.137. The van der Waals surface area contributed by atoms with Crippen molar-refractivity contribution in [2.45, 2.75) is 13.1 Å². The maximum atomic E-state index is 12.7. The quantitative estimate of drug-likeness (QED) is 0.693. The molecule has 0 amide bonds. The molecule has 0 aliphatic rings. The number of H-pyrrole nitrogens is 1. The maximum Gasteiger partial charge on any atom is 0.416 e. The molecule has 0 atom stereocenters. The zero-order chi connectivity index (χ0) is 14.3. The Balaban J connectivity index is 2.18. The lowest BCUT2D eigenvalue weighted by Gasteiger charge is -2.11. The molecule has 2 nitrogen and oxygen atoms in total. The van der Waals surface area contributed by atoms with Gasteiger partial charge in [-0.2, -0.15) is 18.3 Å². The summed E-state index contributed by atoms with van der Waals surface area (Å²) in [6, 6.07) is 9.42. The van der Waals surface area contributed by atoms with E-state index in [0.29, 0.717) is 5.56 Å². The van der Waals surface area contributed by atoms with E-state index in [1.807, 2.05) is 18.2 Å². The van der Waals surface area contributed by atoms with Crippen LogP contribution in [-0.2, 0) is 6.18 Å². The van der Waals surface area contributed by atoms with Gasteiger partial charge in [-0.3, -0.25) is 5.10 Å². The molecule has 3 aromatic rings. The van der Waals surface area contributed by atoms with E-state index < -0.39 is 11.7 Å². The minimum Gasteiger partial charge on any atom is -0.278 e. The van der Waals surface area contributed by atoms with Gasteiger partial charge in [0.2, 0.25) is 0 Å². The first-order chi connectivity index (χ1) is 9.47. The molecule has 0 saturated heterocycles. The summed E-state index contributed by atoms with van der Waals surface area (Å²) >= 11 is 0. The summed E-state index contributed by atoms with van der Waals surface area (Å²) in [7, 11) is 0. The van der Waals surface area contributed by atoms with Gasteiger partial charge >= 0.3 is 6.18 Å². The molecule has 0 saturated carbocycles. The number of aromatic amines is 1. The van der Waals surface area contributed by atoms with Gasteiger partial charge in [0.05, 0.1) is 17.3 Å². The molecule has 1 N–H and O–H groups in total. The Bertz CT molecular complexity index is 772. The SMILES string of the molecule is Cc1cc(C(F)(F)F)ccc1-c1cccc2[nH]ncc12. The third kappa shape index (κ3) is 2.05. The van der Waals surface area contributed by atoms with Crippen LogP contribution in [0.15, 0.2) is 42.6 Å². The van der Waals surface area contributed by atoms with Crippen molar-refractivity contribution in [2.75, 3.05) is 0 Å². The lowest BCUT2D eigenvalue weighted by atomic mass is 9.96. The molecule has 0 radical (unpaired) electrons. The molecule has 3 rings (SSSR count). The average Bonchev–Trinajstić information content (AvgIpc) is 2.85. The van der Waals surface area contributed by atoms with Crippen LogP contribution in [0.1, 0.15) is 11.1 Å². The highest BCUT2D eigenvalue weighted by molar-refractivity contribution is 5.95. The largest absolute Gasteiger partial charge is 0.416 e. The summed E-state index contributed by atoms with van der Waals surface area (Å²) in [4.78, 5) is 0. The summed E-state index contributed by atoms with van der Waals surface area (Å²) in [5.74, 6) is 0. The molecular formula is C15H11F3N2. The Morgan fingerprint density at radius 2 is 1.85 bits per heavy atom. The number of fused-ring (bicyclic) bond motifs is 1. The zero-order valence-electron chi connectivity index (χ0n) is 10.6. The van der Waals surface area contributed by atoms with Gasteiger partial charge in [0.1, 0.15) is 0 Å². The number of aryl methyl sites for hydroxylation is 1. The smallest absolute Gasteiger partial charge is 0.278 e. The van der Waals surface area contributed by atoms with Crippen LogP contribution >= 0.6 is 0 Å². The van der Waals surface area contributed by atoms with Crippen LogP contribution in [0.5, 0.6) is 0 Å². The Morgan fingerprint density at radius 1 is 1.05 bits per heavy atom. The van der Waals surface area contributed by atoms with Crippen LogP contribution in [0, 0.1) is 6.92 Å². The number of benzene rings is 2. The molecule has 102 valence electrons. The second kappa shape index (κ2) is 4.37. The predicted octanol–water partition coefficient (Wildman–Crippen LogP) is 4.56. The number of halogens is 3. The van der Waals surface area contributed by atoms with Crippen LogP contribution in [0.3, 0.4) is 0 Å². The van der Waals surface area contributed by atoms with Gasteiger partial charge in [-0.25, -0.2) is 0 Å². The third-order valence-electron chi connectivity index (χ3n) is 3.33. The van der Waals surface area contributed by atoms with Crippen LogP contribution in [0.25, 0.3) is 22.0 Å². The summed E-state index contributed by atoms with van der Waals surface area (Å²) < 4.78 is 38.1. The van der Waals surface area contributed by atoms with Gasteiger partial charge in [-0.05, 0) is 41.8 Å². The number of alkyl halides is 3. The molecule has 20 heavy (non-hydrogen) atoms. The van der Waals surface area contributed by atoms with E-state index in [1.165, 1.54) is 12.1 Å². The van der Waals surface area contributed by atoms with Gasteiger partial charge in [0, 0.05) is 5.39 Å². The minimum atomic E-state index is -4.31. The van der Waals surface area contributed by atoms with Crippen molar-refractivity contribution in [3.05, 3.63) is 53.7 Å². The van der Waals surface area contributed by atoms with E-state index in [2.05, 4.69) is 10.2 Å². The molecule has 0 aliphatic heterocycles. The first kappa shape index (κ1) is 12.7. The first-order valence-electron chi connectivity index (χ1n) is 6.07. The highest BCUT2D eigenvalue weighted by Crippen LogP contribution is 2.35. The van der Waals surface area contributed by atoms with Crippen LogP contribution in [0.2, 0.25) is 0 Å². The molecule has 0 unspecified atom stereocenters. The molecule has 0 fully saturated rings. The monoisotopic (exact) mass is 276 g/mol. The fourth-order valence-corrected chi connectivity index (χ4v) is 2.35. The predicted molar refractivity (Wildman–Crippen MR) is 71.3 cm³/mol. The summed E-state index contributed by atoms with van der Waals surface area (Å²) in [5.41, 5.74) is 2.49. The highest BCUT2D eigenvalue weighted by Gasteiger charge is 2.30. The Labute approximate surface area is 113 Å². The van der Waals surface area contributed by atoms with Gasteiger partial charge in [0.15, 0.2) is 0 Å². The van der Waals surface area contributed by atoms with E-state index in [9.17, 15) is 13.2 Å². The van der Waals surface area contributed by atoms with E-state index in [4.69, 9.17) is 0 Å². The second-order valence-electron chi connectivity index (χ2n) is 4.66. The first-order valence-corrected chi connectivity index (χ1v) is 6.07. The number of nitrogens with one attached hydrogen (secondary N) is 1. The molecule has 1 aromatic heterocycles. The standard InChI is InChI=1S/C15H11F3N2/c1-9-7-10(15(16,17)18)5-6-11(9)12-3-2-4-14-13(12)8-19-20-14/h2-8H,1H3,(H,19,20). The summed E-state index contributed by atoms with van der Waals surface area (Å²) in [6.07, 6.45) is -2.63. The van der Waals surface area contributed by atoms with Crippen molar-refractivity contribution in [3.63, 3.8) is 0 Å². The second-order valence-corrected chi connectivity index (χ2v) is 4.66. The van der Waals surface area contributed by atoms with Crippen molar-refractivity contribution in [2.24, 2.45) is 0 Å². The van der Waals surface area contributed by atoms with Crippen LogP contribution < -0.4 is 0 Å². The zero-order valence-corrected chi connectivity index (χ0v) is 10.6. The summed E-state index contributed by atoms with van der Waals surface area (Å²) in [6.45, 7) is 1.68. The highest BCUT2D eigenvalue weighted by atomic mass is 19.4. The molecule has 5 heteroatoms. The molecule has 0 bridgehead atoms. The third-order valence-corrected chi connectivity index (χ3v) is 3.33. The van der Waals surface area contributed by atoms with Crippen molar-refractivity contribution in [3.8, 4) is 11.1 Å². The van der Waals surface area contributed by atoms with Crippen molar-refractivity contribution in [1.82, 2.24) is 10.2 Å². The van der Waals surface area contributed by atoms with Gasteiger partial charge in [-0.1, -0.05) is 18.2 Å². The van der Waals surface area contributed by atoms with Gasteiger partial charge in [0.25, 0.3) is 0 Å². The maximum absolute atomic E-state index is 12.7. The topological polar surface area (TPSA) is 28.7 Å². The molecule has 0 aliphatic carbocycles. The normalized spacial score (nSPS) is 12.0. The Kier molecular flexibility index (Phi) is 2.78. The minimum absolute atomic E-state index is 0.591. The fourth-order valence-electron chi connectivity index (χ4n) is 2.35. The van der Waals surface area contributed by atoms with Crippen LogP contribution in [-0.4, -0.2) is 10.2 Å². The molecule has 0 spiro atoms. The number of nitrogens with zero attached hydrogens (tertiary/aromatic N) is 1. The number of rotatable bonds is 1. The molecule has 1 heterocycles. The van der Waals surface area contributed by atoms with Crippen molar-refractivity contribution in [1.29, 1.82) is 0 Å². The van der Waals surface area contributed by atoms with E-state index in [0.717, 1.165) is 28.1 Å². The van der Waals surface area contributed by atoms with Crippen LogP contribution in [0.4, 0.5) is 13.2 Å². The Morgan fingerprint density at radius 3 is 2.55 bits per heavy atom. The molecular weight excluding hydrogens is 265 g/mol. The van der Waals surface area contributed by atoms with Gasteiger partial charge < -0.3 is 0 Å². The number of hydrogen-bond acceptors (Lipinski definition) is 1. The number of aromatic nitrogens is 2. The molecule has 2 aromatic carbocycles. The summed E-state index contributed by atoms with van der Waals surface area (Å²) in [5, 5.41) is 7.72. The van der Waals surface area contributed by atoms with E-state index in [-0.39, 0.29) is 0 Å². The van der Waals surface area contributed by atoms with Crippen molar-refractivity contribution >= 4 is 10.9 Å². The van der Waals surface area contributed by atoms with Crippen molar-refractivity contribution < 1.29 is 13.2 Å². The lowest BCUT2D eigenvalue weighted by Crippen LogP contribution is -2.05. The van der Waals surface area contributed by atoms with E-state index >= 15 is 0 Å². The average molecular weight is 276 g/mol. The Hall–Kier alpha value is -2.30.